The van der Waals surface area contributed by atoms with Gasteiger partial charge in [0, 0.05) is 12.6 Å². The van der Waals surface area contributed by atoms with E-state index in [0.29, 0.717) is 0 Å². The van der Waals surface area contributed by atoms with Crippen molar-refractivity contribution in [2.45, 2.75) is 51.2 Å². The summed E-state index contributed by atoms with van der Waals surface area (Å²) in [6.45, 7) is 6.84. The van der Waals surface area contributed by atoms with Crippen molar-refractivity contribution in [3.05, 3.63) is 95.0 Å². The Kier molecular flexibility index (Phi) is 9.34. The van der Waals surface area contributed by atoms with Crippen molar-refractivity contribution >= 4 is 39.1 Å². The van der Waals surface area contributed by atoms with Crippen LogP contribution in [0.2, 0.25) is 5.02 Å². The van der Waals surface area contributed by atoms with Crippen LogP contribution < -0.4 is 9.62 Å². The highest BCUT2D eigenvalue weighted by molar-refractivity contribution is 7.92. The number of hydrogen-bond donors (Lipinski definition) is 1. The molecular formula is C28H32ClN3O4S. The van der Waals surface area contributed by atoms with E-state index >= 15 is 0 Å². The van der Waals surface area contributed by atoms with Crippen LogP contribution in [0.5, 0.6) is 0 Å². The smallest absolute Gasteiger partial charge is 0.264 e. The molecule has 3 aromatic rings. The molecule has 1 N–H and O–H groups in total. The third-order valence-electron chi connectivity index (χ3n) is 5.93. The number of hydrogen-bond acceptors (Lipinski definition) is 4. The monoisotopic (exact) mass is 541 g/mol. The van der Waals surface area contributed by atoms with E-state index in [9.17, 15) is 18.0 Å². The third-order valence-corrected chi connectivity index (χ3v) is 8.02. The molecule has 7 nitrogen and oxygen atoms in total. The van der Waals surface area contributed by atoms with Gasteiger partial charge in [0.15, 0.2) is 0 Å². The molecule has 196 valence electrons. The summed E-state index contributed by atoms with van der Waals surface area (Å²) >= 11 is 6.40. The van der Waals surface area contributed by atoms with Crippen LogP contribution >= 0.6 is 11.6 Å². The number of carbonyl (C=O) groups excluding carboxylic acids is 2. The maximum Gasteiger partial charge on any atom is 0.264 e. The topological polar surface area (TPSA) is 86.8 Å². The number of amides is 2. The van der Waals surface area contributed by atoms with E-state index in [1.807, 2.05) is 45.0 Å². The molecule has 0 fully saturated rings. The largest absolute Gasteiger partial charge is 0.352 e. The number of benzene rings is 3. The lowest BCUT2D eigenvalue weighted by Gasteiger charge is -2.32. The normalized spacial score (nSPS) is 12.2. The zero-order valence-corrected chi connectivity index (χ0v) is 23.0. The maximum atomic E-state index is 13.9. The number of nitrogens with one attached hydrogen (secondary N) is 1. The van der Waals surface area contributed by atoms with Crippen molar-refractivity contribution in [3.8, 4) is 0 Å². The first-order chi connectivity index (χ1) is 17.5. The summed E-state index contributed by atoms with van der Waals surface area (Å²) in [4.78, 5) is 28.2. The van der Waals surface area contributed by atoms with Crippen LogP contribution in [0.15, 0.2) is 83.8 Å². The second-order valence-corrected chi connectivity index (χ2v) is 11.3. The predicted octanol–water partition coefficient (Wildman–Crippen LogP) is 4.79. The Balaban J connectivity index is 2.04. The van der Waals surface area contributed by atoms with E-state index in [-0.39, 0.29) is 34.1 Å². The summed E-state index contributed by atoms with van der Waals surface area (Å²) in [5.74, 6) is -0.860. The van der Waals surface area contributed by atoms with Crippen LogP contribution in [-0.4, -0.2) is 43.8 Å². The second-order valence-electron chi connectivity index (χ2n) is 9.06. The Morgan fingerprint density at radius 2 is 1.49 bits per heavy atom. The van der Waals surface area contributed by atoms with Gasteiger partial charge in [0.05, 0.1) is 15.6 Å². The number of carbonyl (C=O) groups is 2. The van der Waals surface area contributed by atoms with Crippen molar-refractivity contribution in [1.82, 2.24) is 10.2 Å². The first-order valence-electron chi connectivity index (χ1n) is 12.0. The molecule has 0 aliphatic heterocycles. The van der Waals surface area contributed by atoms with Gasteiger partial charge in [-0.25, -0.2) is 8.42 Å². The molecule has 0 aliphatic rings. The molecule has 0 radical (unpaired) electrons. The summed E-state index contributed by atoms with van der Waals surface area (Å²) in [7, 11) is -4.15. The fraction of sp³-hybridized carbons (Fsp3) is 0.286. The summed E-state index contributed by atoms with van der Waals surface area (Å²) in [6.07, 6.45) is 0. The number of halogens is 1. The average molecular weight is 542 g/mol. The maximum absolute atomic E-state index is 13.9. The third kappa shape index (κ3) is 6.90. The Morgan fingerprint density at radius 1 is 0.892 bits per heavy atom. The molecule has 37 heavy (non-hydrogen) atoms. The Hall–Kier alpha value is -3.36. The highest BCUT2D eigenvalue weighted by Crippen LogP contribution is 2.30. The number of nitrogens with zero attached hydrogens (tertiary/aromatic N) is 2. The van der Waals surface area contributed by atoms with Gasteiger partial charge in [0.2, 0.25) is 11.8 Å². The molecule has 0 aliphatic carbocycles. The molecule has 0 aromatic heterocycles. The summed E-state index contributed by atoms with van der Waals surface area (Å²) < 4.78 is 28.4. The van der Waals surface area contributed by atoms with Gasteiger partial charge in [-0.15, -0.1) is 0 Å². The number of para-hydroxylation sites is 1. The molecule has 0 saturated carbocycles. The molecule has 1 unspecified atom stereocenters. The van der Waals surface area contributed by atoms with Crippen molar-refractivity contribution < 1.29 is 18.0 Å². The Bertz CT molecular complexity index is 1350. The fourth-order valence-electron chi connectivity index (χ4n) is 3.85. The summed E-state index contributed by atoms with van der Waals surface area (Å²) in [5, 5.41) is 3.03. The van der Waals surface area contributed by atoms with Crippen LogP contribution in [0.4, 0.5) is 5.69 Å². The molecule has 0 spiro atoms. The predicted molar refractivity (Wildman–Crippen MR) is 147 cm³/mol. The van der Waals surface area contributed by atoms with E-state index in [2.05, 4.69) is 5.32 Å². The van der Waals surface area contributed by atoms with Crippen molar-refractivity contribution in [2.24, 2.45) is 0 Å². The van der Waals surface area contributed by atoms with Crippen molar-refractivity contribution in [3.63, 3.8) is 0 Å². The highest BCUT2D eigenvalue weighted by atomic mass is 35.5. The first kappa shape index (κ1) is 28.2. The lowest BCUT2D eigenvalue weighted by atomic mass is 10.1. The molecule has 1 atom stereocenters. The van der Waals surface area contributed by atoms with Gasteiger partial charge in [-0.1, -0.05) is 66.2 Å². The van der Waals surface area contributed by atoms with Gasteiger partial charge in [-0.2, -0.15) is 0 Å². The van der Waals surface area contributed by atoms with Gasteiger partial charge in [0.25, 0.3) is 10.0 Å². The number of anilines is 1. The first-order valence-corrected chi connectivity index (χ1v) is 13.8. The van der Waals surface area contributed by atoms with E-state index < -0.39 is 28.5 Å². The van der Waals surface area contributed by atoms with E-state index in [4.69, 9.17) is 11.6 Å². The molecule has 0 heterocycles. The van der Waals surface area contributed by atoms with Crippen LogP contribution in [-0.2, 0) is 26.2 Å². The fourth-order valence-corrected chi connectivity index (χ4v) is 5.59. The summed E-state index contributed by atoms with van der Waals surface area (Å²) in [5.41, 5.74) is 1.99. The molecule has 3 aromatic carbocycles. The van der Waals surface area contributed by atoms with Crippen LogP contribution in [0.1, 0.15) is 31.9 Å². The molecule has 0 bridgehead atoms. The molecule has 9 heteroatoms. The van der Waals surface area contributed by atoms with E-state index in [1.54, 1.807) is 49.4 Å². The van der Waals surface area contributed by atoms with Crippen LogP contribution in [0.25, 0.3) is 0 Å². The lowest BCUT2D eigenvalue weighted by Crippen LogP contribution is -2.52. The van der Waals surface area contributed by atoms with Crippen LogP contribution in [0, 0.1) is 6.92 Å². The SMILES string of the molecule is Cc1ccccc1CN(C(=O)CN(c1ccccc1Cl)S(=O)(=O)c1ccccc1)C(C)C(=O)NC(C)C. The minimum Gasteiger partial charge on any atom is -0.352 e. The highest BCUT2D eigenvalue weighted by Gasteiger charge is 2.33. The molecule has 3 rings (SSSR count). The number of rotatable bonds is 10. The molecular weight excluding hydrogens is 510 g/mol. The van der Waals surface area contributed by atoms with Gasteiger partial charge in [-0.3, -0.25) is 13.9 Å². The number of aryl methyl sites for hydroxylation is 1. The average Bonchev–Trinajstić information content (AvgIpc) is 2.87. The molecule has 0 saturated heterocycles. The minimum atomic E-state index is -4.15. The van der Waals surface area contributed by atoms with E-state index in [1.165, 1.54) is 17.0 Å². The Morgan fingerprint density at radius 3 is 2.11 bits per heavy atom. The number of sulfonamides is 1. The van der Waals surface area contributed by atoms with Crippen molar-refractivity contribution in [1.29, 1.82) is 0 Å². The molecule has 2 amide bonds. The van der Waals surface area contributed by atoms with Gasteiger partial charge in [-0.05, 0) is 63.1 Å². The zero-order valence-electron chi connectivity index (χ0n) is 21.4. The van der Waals surface area contributed by atoms with E-state index in [0.717, 1.165) is 15.4 Å². The quantitative estimate of drug-likeness (QED) is 0.400. The Labute approximate surface area is 224 Å². The second kappa shape index (κ2) is 12.3. The van der Waals surface area contributed by atoms with Crippen LogP contribution in [0.3, 0.4) is 0 Å². The lowest BCUT2D eigenvalue weighted by molar-refractivity contribution is -0.139. The zero-order chi connectivity index (χ0) is 27.2. The van der Waals surface area contributed by atoms with Crippen molar-refractivity contribution in [2.75, 3.05) is 10.8 Å². The summed E-state index contributed by atoms with van der Waals surface area (Å²) in [6, 6.07) is 20.9. The van der Waals surface area contributed by atoms with Gasteiger partial charge >= 0.3 is 0 Å². The van der Waals surface area contributed by atoms with Gasteiger partial charge < -0.3 is 10.2 Å². The minimum absolute atomic E-state index is 0.0266. The standard InChI is InChI=1S/C28H32ClN3O4S/c1-20(2)30-28(34)22(4)31(18-23-13-9-8-12-21(23)3)27(33)19-32(26-17-11-10-16-25(26)29)37(35,36)24-14-6-5-7-15-24/h5-17,20,22H,18-19H2,1-4H3,(H,30,34). The van der Waals surface area contributed by atoms with Gasteiger partial charge in [0.1, 0.15) is 12.6 Å².